The normalized spacial score (nSPS) is 21.8. The number of hydrogen-bond acceptors (Lipinski definition) is 4. The summed E-state index contributed by atoms with van der Waals surface area (Å²) in [6.45, 7) is 11.2. The van der Waals surface area contributed by atoms with Gasteiger partial charge in [-0.2, -0.15) is 0 Å². The van der Waals surface area contributed by atoms with Gasteiger partial charge in [-0.05, 0) is 13.1 Å². The number of rotatable bonds is 6. The molecule has 1 aliphatic heterocycles. The van der Waals surface area contributed by atoms with Gasteiger partial charge in [0.05, 0.1) is 0 Å². The quantitative estimate of drug-likeness (QED) is 0.650. The zero-order valence-corrected chi connectivity index (χ0v) is 11.3. The van der Waals surface area contributed by atoms with Gasteiger partial charge in [-0.25, -0.2) is 0 Å². The fraction of sp³-hybridized carbons (Fsp3) is 0.917. The molecule has 0 bridgehead atoms. The van der Waals surface area contributed by atoms with Gasteiger partial charge in [0.2, 0.25) is 5.91 Å². The van der Waals surface area contributed by atoms with Gasteiger partial charge in [-0.15, -0.1) is 0 Å². The van der Waals surface area contributed by atoms with Crippen molar-refractivity contribution in [1.82, 2.24) is 20.4 Å². The van der Waals surface area contributed by atoms with E-state index in [1.807, 2.05) is 0 Å². The molecule has 0 saturated carbocycles. The van der Waals surface area contributed by atoms with Crippen molar-refractivity contribution in [2.45, 2.75) is 19.9 Å². The van der Waals surface area contributed by atoms with Gasteiger partial charge in [0.15, 0.2) is 0 Å². The Labute approximate surface area is 105 Å². The van der Waals surface area contributed by atoms with E-state index in [2.05, 4.69) is 34.3 Å². The molecular weight excluding hydrogens is 216 g/mol. The highest BCUT2D eigenvalue weighted by molar-refractivity contribution is 5.81. The second kappa shape index (κ2) is 7.63. The lowest BCUT2D eigenvalue weighted by atomic mass is 10.1. The highest BCUT2D eigenvalue weighted by Gasteiger charge is 2.27. The van der Waals surface area contributed by atoms with E-state index in [1.165, 1.54) is 0 Å². The Morgan fingerprint density at radius 3 is 2.76 bits per heavy atom. The Hall–Kier alpha value is -0.650. The first kappa shape index (κ1) is 14.4. The van der Waals surface area contributed by atoms with Crippen LogP contribution >= 0.6 is 0 Å². The molecule has 2 N–H and O–H groups in total. The van der Waals surface area contributed by atoms with Crippen molar-refractivity contribution < 1.29 is 4.79 Å². The maximum absolute atomic E-state index is 11.8. The molecule has 1 rings (SSSR count). The van der Waals surface area contributed by atoms with Crippen molar-refractivity contribution in [1.29, 1.82) is 0 Å². The maximum atomic E-state index is 11.8. The second-order valence-corrected chi connectivity index (χ2v) is 4.40. The van der Waals surface area contributed by atoms with Crippen molar-refractivity contribution >= 4 is 5.91 Å². The molecule has 0 aromatic carbocycles. The number of likely N-dealkylation sites (N-methyl/N-ethyl adjacent to an activating group) is 2. The van der Waals surface area contributed by atoms with Gasteiger partial charge >= 0.3 is 0 Å². The summed E-state index contributed by atoms with van der Waals surface area (Å²) in [4.78, 5) is 16.4. The third-order valence-electron chi connectivity index (χ3n) is 3.50. The summed E-state index contributed by atoms with van der Waals surface area (Å²) in [5, 5.41) is 6.03. The highest BCUT2D eigenvalue weighted by atomic mass is 16.2. The molecule has 1 atom stereocenters. The van der Waals surface area contributed by atoms with E-state index in [0.717, 1.165) is 45.8 Å². The second-order valence-electron chi connectivity index (χ2n) is 4.40. The Morgan fingerprint density at radius 2 is 2.18 bits per heavy atom. The molecule has 1 amide bonds. The number of hydrogen-bond donors (Lipinski definition) is 2. The fourth-order valence-electron chi connectivity index (χ4n) is 2.25. The minimum absolute atomic E-state index is 0.00990. The van der Waals surface area contributed by atoms with Crippen LogP contribution < -0.4 is 10.6 Å². The molecule has 0 radical (unpaired) electrons. The summed E-state index contributed by atoms with van der Waals surface area (Å²) in [7, 11) is 1.71. The molecule has 1 fully saturated rings. The largest absolute Gasteiger partial charge is 0.358 e. The zero-order valence-electron chi connectivity index (χ0n) is 11.3. The number of carbonyl (C=O) groups excluding carboxylic acids is 1. The fourth-order valence-corrected chi connectivity index (χ4v) is 2.25. The standard InChI is InChI=1S/C12H26N4O/c1-4-15(5-2)8-9-16-7-6-14-10-11(16)12(17)13-3/h11,14H,4-10H2,1-3H3,(H,13,17). The Bertz CT molecular complexity index is 231. The number of carbonyl (C=O) groups is 1. The van der Waals surface area contributed by atoms with Crippen LogP contribution in [0.1, 0.15) is 13.8 Å². The van der Waals surface area contributed by atoms with Crippen LogP contribution in [0.25, 0.3) is 0 Å². The molecule has 0 aliphatic carbocycles. The van der Waals surface area contributed by atoms with E-state index < -0.39 is 0 Å². The van der Waals surface area contributed by atoms with Gasteiger partial charge in [0.1, 0.15) is 6.04 Å². The molecule has 100 valence electrons. The van der Waals surface area contributed by atoms with Crippen LogP contribution in [-0.4, -0.2) is 74.6 Å². The van der Waals surface area contributed by atoms with Gasteiger partial charge < -0.3 is 15.5 Å². The lowest BCUT2D eigenvalue weighted by Crippen LogP contribution is -2.58. The Morgan fingerprint density at radius 1 is 1.47 bits per heavy atom. The zero-order chi connectivity index (χ0) is 12.7. The van der Waals surface area contributed by atoms with Crippen molar-refractivity contribution in [3.8, 4) is 0 Å². The van der Waals surface area contributed by atoms with Gasteiger partial charge in [0, 0.05) is 39.8 Å². The van der Waals surface area contributed by atoms with Gasteiger partial charge in [-0.1, -0.05) is 13.8 Å². The van der Waals surface area contributed by atoms with E-state index in [9.17, 15) is 4.79 Å². The van der Waals surface area contributed by atoms with Gasteiger partial charge in [0.25, 0.3) is 0 Å². The van der Waals surface area contributed by atoms with Crippen LogP contribution in [0.15, 0.2) is 0 Å². The van der Waals surface area contributed by atoms with Crippen LogP contribution in [0, 0.1) is 0 Å². The molecule has 1 saturated heterocycles. The Kier molecular flexibility index (Phi) is 6.47. The van der Waals surface area contributed by atoms with Crippen molar-refractivity contribution in [2.24, 2.45) is 0 Å². The molecule has 0 aromatic heterocycles. The molecule has 1 unspecified atom stereocenters. The topological polar surface area (TPSA) is 47.6 Å². The summed E-state index contributed by atoms with van der Waals surface area (Å²) < 4.78 is 0. The first-order valence-corrected chi connectivity index (χ1v) is 6.61. The minimum Gasteiger partial charge on any atom is -0.358 e. The highest BCUT2D eigenvalue weighted by Crippen LogP contribution is 2.03. The average Bonchev–Trinajstić information content (AvgIpc) is 2.39. The van der Waals surface area contributed by atoms with Gasteiger partial charge in [-0.3, -0.25) is 9.69 Å². The van der Waals surface area contributed by atoms with E-state index >= 15 is 0 Å². The van der Waals surface area contributed by atoms with Crippen LogP contribution in [0.3, 0.4) is 0 Å². The predicted octanol–water partition coefficient (Wildman–Crippen LogP) is -0.652. The SMILES string of the molecule is CCN(CC)CCN1CCNCC1C(=O)NC. The summed E-state index contributed by atoms with van der Waals surface area (Å²) in [5.74, 6) is 0.122. The van der Waals surface area contributed by atoms with Crippen LogP contribution in [-0.2, 0) is 4.79 Å². The van der Waals surface area contributed by atoms with Crippen LogP contribution in [0.5, 0.6) is 0 Å². The molecule has 0 aromatic rings. The number of nitrogens with zero attached hydrogens (tertiary/aromatic N) is 2. The third-order valence-corrected chi connectivity index (χ3v) is 3.50. The smallest absolute Gasteiger partial charge is 0.238 e. The average molecular weight is 242 g/mol. The molecule has 17 heavy (non-hydrogen) atoms. The number of piperazine rings is 1. The summed E-state index contributed by atoms with van der Waals surface area (Å²) >= 11 is 0. The molecule has 5 nitrogen and oxygen atoms in total. The number of nitrogens with one attached hydrogen (secondary N) is 2. The van der Waals surface area contributed by atoms with E-state index in [4.69, 9.17) is 0 Å². The lowest BCUT2D eigenvalue weighted by Gasteiger charge is -2.36. The minimum atomic E-state index is -0.00990. The lowest BCUT2D eigenvalue weighted by molar-refractivity contribution is -0.126. The Balaban J connectivity index is 2.45. The van der Waals surface area contributed by atoms with Crippen molar-refractivity contribution in [3.05, 3.63) is 0 Å². The van der Waals surface area contributed by atoms with Crippen LogP contribution in [0.4, 0.5) is 0 Å². The summed E-state index contributed by atoms with van der Waals surface area (Å²) in [5.41, 5.74) is 0. The summed E-state index contributed by atoms with van der Waals surface area (Å²) in [6.07, 6.45) is 0. The third kappa shape index (κ3) is 4.26. The molecule has 5 heteroatoms. The summed E-state index contributed by atoms with van der Waals surface area (Å²) in [6, 6.07) is -0.00990. The molecule has 1 aliphatic rings. The molecule has 1 heterocycles. The monoisotopic (exact) mass is 242 g/mol. The first-order valence-electron chi connectivity index (χ1n) is 6.61. The predicted molar refractivity (Wildman–Crippen MR) is 70.1 cm³/mol. The number of amides is 1. The molecular formula is C12H26N4O. The molecule has 0 spiro atoms. The van der Waals surface area contributed by atoms with Crippen molar-refractivity contribution in [2.75, 3.05) is 52.9 Å². The van der Waals surface area contributed by atoms with E-state index in [-0.39, 0.29) is 11.9 Å². The maximum Gasteiger partial charge on any atom is 0.238 e. The van der Waals surface area contributed by atoms with E-state index in [1.54, 1.807) is 7.05 Å². The van der Waals surface area contributed by atoms with Crippen LogP contribution in [0.2, 0.25) is 0 Å². The van der Waals surface area contributed by atoms with E-state index in [0.29, 0.717) is 0 Å². The van der Waals surface area contributed by atoms with Crippen molar-refractivity contribution in [3.63, 3.8) is 0 Å². The first-order chi connectivity index (χ1) is 8.22.